The number of rotatable bonds is 20. The van der Waals surface area contributed by atoms with E-state index in [2.05, 4.69) is 5.32 Å². The van der Waals surface area contributed by atoms with Crippen molar-refractivity contribution in [2.75, 3.05) is 72.6 Å². The Balaban J connectivity index is 1.50. The molecule has 0 fully saturated rings. The summed E-state index contributed by atoms with van der Waals surface area (Å²) < 4.78 is 38.2. The van der Waals surface area contributed by atoms with Crippen molar-refractivity contribution >= 4 is 12.1 Å². The minimum absolute atomic E-state index is 0.289. The number of esters is 1. The Morgan fingerprint density at radius 2 is 1.29 bits per heavy atom. The molecule has 0 aliphatic carbocycles. The number of carbonyl (C=O) groups excluding carboxylic acids is 2. The molecule has 0 saturated heterocycles. The Bertz CT molecular complexity index is 995. The normalized spacial score (nSPS) is 12.0. The summed E-state index contributed by atoms with van der Waals surface area (Å²) in [5, 5.41) is 2.63. The van der Waals surface area contributed by atoms with Gasteiger partial charge in [0, 0.05) is 6.54 Å². The van der Waals surface area contributed by atoms with Gasteiger partial charge in [0.25, 0.3) is 0 Å². The summed E-state index contributed by atoms with van der Waals surface area (Å²) in [5.74, 6) is -0.145. The summed E-state index contributed by atoms with van der Waals surface area (Å²) in [6, 6.07) is 17.1. The summed E-state index contributed by atoms with van der Waals surface area (Å²) >= 11 is 0. The summed E-state index contributed by atoms with van der Waals surface area (Å²) in [6.07, 6.45) is -0.458. The predicted molar refractivity (Wildman–Crippen MR) is 154 cm³/mol. The van der Waals surface area contributed by atoms with E-state index in [1.54, 1.807) is 6.92 Å². The van der Waals surface area contributed by atoms with Crippen LogP contribution in [-0.4, -0.2) is 90.3 Å². The van der Waals surface area contributed by atoms with Crippen LogP contribution >= 0.6 is 0 Å². The van der Waals surface area contributed by atoms with Gasteiger partial charge in [-0.25, -0.2) is 4.79 Å². The first-order chi connectivity index (χ1) is 19.8. The number of amides is 1. The lowest BCUT2D eigenvalue weighted by atomic mass is 9.91. The van der Waals surface area contributed by atoms with Crippen molar-refractivity contribution in [1.82, 2.24) is 5.32 Å². The van der Waals surface area contributed by atoms with E-state index in [4.69, 9.17) is 33.2 Å². The Labute approximate surface area is 243 Å². The zero-order valence-corrected chi connectivity index (χ0v) is 24.7. The Kier molecular flexibility index (Phi) is 16.4. The van der Waals surface area contributed by atoms with Gasteiger partial charge in [-0.2, -0.15) is 0 Å². The molecule has 2 aromatic rings. The lowest BCUT2D eigenvalue weighted by Crippen LogP contribution is -2.34. The average molecular weight is 576 g/mol. The average Bonchev–Trinajstić information content (AvgIpc) is 2.93. The third kappa shape index (κ3) is 15.4. The summed E-state index contributed by atoms with van der Waals surface area (Å²) in [7, 11) is 0. The number of carbonyl (C=O) groups is 2. The van der Waals surface area contributed by atoms with E-state index in [0.29, 0.717) is 78.4 Å². The maximum absolute atomic E-state index is 12.7. The van der Waals surface area contributed by atoms with Gasteiger partial charge in [-0.05, 0) is 51.0 Å². The Hall–Kier alpha value is -3.18. The van der Waals surface area contributed by atoms with Crippen LogP contribution in [0.4, 0.5) is 4.79 Å². The Morgan fingerprint density at radius 3 is 1.88 bits per heavy atom. The van der Waals surface area contributed by atoms with Crippen LogP contribution in [-0.2, 0) is 33.2 Å². The monoisotopic (exact) mass is 575 g/mol. The predicted octanol–water partition coefficient (Wildman–Crippen LogP) is 4.35. The molecule has 0 saturated carbocycles. The fourth-order valence-electron chi connectivity index (χ4n) is 3.64. The van der Waals surface area contributed by atoms with Gasteiger partial charge in [0.2, 0.25) is 0 Å². The van der Waals surface area contributed by atoms with E-state index in [1.165, 1.54) is 0 Å². The van der Waals surface area contributed by atoms with Crippen molar-refractivity contribution in [1.29, 1.82) is 0 Å². The van der Waals surface area contributed by atoms with Crippen LogP contribution in [0.3, 0.4) is 0 Å². The van der Waals surface area contributed by atoms with E-state index in [-0.39, 0.29) is 5.97 Å². The molecule has 2 rings (SSSR count). The van der Waals surface area contributed by atoms with Crippen LogP contribution in [0.1, 0.15) is 44.7 Å². The third-order valence-corrected chi connectivity index (χ3v) is 5.37. The molecule has 0 aliphatic rings. The lowest BCUT2D eigenvalue weighted by molar-refractivity contribution is -0.143. The van der Waals surface area contributed by atoms with Gasteiger partial charge in [0.05, 0.1) is 59.5 Å². The SMILES string of the molecule is CCOC(=O)C(c1ccccc1)c1cccc(OCCOCCOCCOCCOCCNC(=O)OC(C)(C)C)c1. The second-order valence-corrected chi connectivity index (χ2v) is 9.89. The minimum Gasteiger partial charge on any atom is -0.491 e. The molecule has 1 amide bonds. The van der Waals surface area contributed by atoms with Crippen LogP contribution in [0.2, 0.25) is 0 Å². The van der Waals surface area contributed by atoms with Crippen LogP contribution < -0.4 is 10.1 Å². The number of hydrogen-bond acceptors (Lipinski definition) is 9. The van der Waals surface area contributed by atoms with Crippen molar-refractivity contribution in [3.05, 3.63) is 65.7 Å². The molecule has 0 radical (unpaired) electrons. The molecule has 10 heteroatoms. The van der Waals surface area contributed by atoms with Gasteiger partial charge in [-0.1, -0.05) is 42.5 Å². The zero-order chi connectivity index (χ0) is 29.8. The Morgan fingerprint density at radius 1 is 0.732 bits per heavy atom. The first-order valence-corrected chi connectivity index (χ1v) is 14.0. The molecule has 1 unspecified atom stereocenters. The fraction of sp³-hybridized carbons (Fsp3) is 0.548. The van der Waals surface area contributed by atoms with Gasteiger partial charge >= 0.3 is 12.1 Å². The van der Waals surface area contributed by atoms with E-state index < -0.39 is 17.6 Å². The second-order valence-electron chi connectivity index (χ2n) is 9.89. The van der Waals surface area contributed by atoms with Gasteiger partial charge in [-0.3, -0.25) is 4.79 Å². The first kappa shape index (κ1) is 34.0. The zero-order valence-electron chi connectivity index (χ0n) is 24.7. The highest BCUT2D eigenvalue weighted by Gasteiger charge is 2.24. The van der Waals surface area contributed by atoms with Crippen LogP contribution in [0, 0.1) is 0 Å². The second kappa shape index (κ2) is 19.8. The van der Waals surface area contributed by atoms with E-state index in [0.717, 1.165) is 11.1 Å². The molecule has 0 spiro atoms. The van der Waals surface area contributed by atoms with E-state index in [1.807, 2.05) is 75.4 Å². The van der Waals surface area contributed by atoms with Crippen molar-refractivity contribution in [3.63, 3.8) is 0 Å². The van der Waals surface area contributed by atoms with Gasteiger partial charge in [0.15, 0.2) is 0 Å². The quantitative estimate of drug-likeness (QED) is 0.182. The molecule has 41 heavy (non-hydrogen) atoms. The number of alkyl carbamates (subject to hydrolysis) is 1. The summed E-state index contributed by atoms with van der Waals surface area (Å²) in [5.41, 5.74) is 1.16. The van der Waals surface area contributed by atoms with Gasteiger partial charge in [-0.15, -0.1) is 0 Å². The molecule has 1 N–H and O–H groups in total. The van der Waals surface area contributed by atoms with Crippen molar-refractivity contribution in [2.24, 2.45) is 0 Å². The first-order valence-electron chi connectivity index (χ1n) is 14.0. The highest BCUT2D eigenvalue weighted by molar-refractivity contribution is 5.82. The molecule has 2 aromatic carbocycles. The van der Waals surface area contributed by atoms with Gasteiger partial charge < -0.3 is 38.5 Å². The third-order valence-electron chi connectivity index (χ3n) is 5.37. The van der Waals surface area contributed by atoms with Crippen LogP contribution in [0.5, 0.6) is 5.75 Å². The highest BCUT2D eigenvalue weighted by atomic mass is 16.6. The van der Waals surface area contributed by atoms with Crippen LogP contribution in [0.25, 0.3) is 0 Å². The molecule has 10 nitrogen and oxygen atoms in total. The molecule has 0 aliphatic heterocycles. The molecular weight excluding hydrogens is 530 g/mol. The molecule has 1 atom stereocenters. The number of benzene rings is 2. The molecule has 0 heterocycles. The minimum atomic E-state index is -0.517. The fourth-order valence-corrected chi connectivity index (χ4v) is 3.64. The maximum atomic E-state index is 12.7. The standard InChI is InChI=1S/C31H45NO9/c1-5-39-29(33)28(25-10-7-6-8-11-25)26-12-9-13-27(24-26)40-23-22-38-21-20-37-19-18-36-17-16-35-15-14-32-30(34)41-31(2,3)4/h6-13,24,28H,5,14-23H2,1-4H3,(H,32,34). The molecule has 0 bridgehead atoms. The summed E-state index contributed by atoms with van der Waals surface area (Å²) in [6.45, 7) is 11.8. The van der Waals surface area contributed by atoms with Crippen molar-refractivity contribution < 1.29 is 42.7 Å². The molecular formula is C31H45NO9. The number of ether oxygens (including phenoxy) is 7. The largest absolute Gasteiger partial charge is 0.491 e. The topological polar surface area (TPSA) is 111 Å². The van der Waals surface area contributed by atoms with Crippen molar-refractivity contribution in [2.45, 2.75) is 39.2 Å². The molecule has 0 aromatic heterocycles. The molecule has 228 valence electrons. The number of nitrogens with one attached hydrogen (secondary N) is 1. The maximum Gasteiger partial charge on any atom is 0.407 e. The van der Waals surface area contributed by atoms with E-state index >= 15 is 0 Å². The van der Waals surface area contributed by atoms with Crippen molar-refractivity contribution in [3.8, 4) is 5.75 Å². The lowest BCUT2D eigenvalue weighted by Gasteiger charge is -2.19. The smallest absolute Gasteiger partial charge is 0.407 e. The van der Waals surface area contributed by atoms with Gasteiger partial charge in [0.1, 0.15) is 23.9 Å². The van der Waals surface area contributed by atoms with Crippen LogP contribution in [0.15, 0.2) is 54.6 Å². The summed E-state index contributed by atoms with van der Waals surface area (Å²) in [4.78, 5) is 24.2. The number of hydrogen-bond donors (Lipinski definition) is 1. The highest BCUT2D eigenvalue weighted by Crippen LogP contribution is 2.28. The van der Waals surface area contributed by atoms with E-state index in [9.17, 15) is 9.59 Å².